The van der Waals surface area contributed by atoms with Crippen LogP contribution in [0.3, 0.4) is 0 Å². The molecule has 0 radical (unpaired) electrons. The minimum atomic E-state index is -5.25. The van der Waals surface area contributed by atoms with Crippen LogP contribution in [-0.2, 0) is 22.7 Å². The Bertz CT molecular complexity index is 522. The Morgan fingerprint density at radius 1 is 0.840 bits per heavy atom. The molecule has 25 heavy (non-hydrogen) atoms. The summed E-state index contributed by atoms with van der Waals surface area (Å²) in [4.78, 5) is 27.0. The highest BCUT2D eigenvalue weighted by atomic mass is 31.2. The second-order valence-corrected chi connectivity index (χ2v) is 7.79. The van der Waals surface area contributed by atoms with Crippen LogP contribution < -0.4 is 0 Å². The van der Waals surface area contributed by atoms with Gasteiger partial charge in [-0.2, -0.15) is 0 Å². The normalized spacial score (nSPS) is 37.5. The van der Waals surface area contributed by atoms with Gasteiger partial charge in [0.15, 0.2) is 0 Å². The lowest BCUT2D eigenvalue weighted by atomic mass is 9.85. The fourth-order valence-corrected chi connectivity index (χ4v) is 3.55. The zero-order chi connectivity index (χ0) is 19.6. The molecule has 0 spiro atoms. The molecule has 0 aromatic heterocycles. The summed E-state index contributed by atoms with van der Waals surface area (Å²) < 4.78 is 35.5. The van der Waals surface area contributed by atoms with Crippen LogP contribution in [0, 0.1) is 0 Å². The first-order chi connectivity index (χ1) is 11.3. The van der Waals surface area contributed by atoms with Gasteiger partial charge in [0.1, 0.15) is 42.7 Å². The van der Waals surface area contributed by atoms with Gasteiger partial charge in [0.25, 0.3) is 0 Å². The van der Waals surface area contributed by atoms with Crippen molar-refractivity contribution in [1.29, 1.82) is 0 Å². The molecule has 0 saturated heterocycles. The molecule has 0 aromatic rings. The molecule has 0 bridgehead atoms. The summed E-state index contributed by atoms with van der Waals surface area (Å²) in [5.41, 5.74) is 0. The van der Waals surface area contributed by atoms with Gasteiger partial charge in [0.2, 0.25) is 0 Å². The number of hydrogen-bond acceptors (Lipinski definition) is 11. The average molecular weight is 414 g/mol. The van der Waals surface area contributed by atoms with Crippen LogP contribution in [0.5, 0.6) is 0 Å². The van der Waals surface area contributed by atoms with E-state index in [9.17, 15) is 34.4 Å². The SMILES string of the molecule is O=P(O)(O)O[C@H]1[C@@H](O)[C@@H](OP(=O)(O)OC[C@H](O)CO)[C@H](O)[C@@H](O)[C@@H]1O. The quantitative estimate of drug-likeness (QED) is 0.171. The second-order valence-electron chi connectivity index (χ2n) is 5.19. The van der Waals surface area contributed by atoms with Crippen LogP contribution in [0.25, 0.3) is 0 Å². The number of phosphoric ester groups is 2. The number of hydrogen-bond donors (Lipinski definition) is 9. The van der Waals surface area contributed by atoms with Crippen LogP contribution in [-0.4, -0.2) is 101 Å². The third-order valence-corrected chi connectivity index (χ3v) is 4.70. The molecule has 1 aliphatic rings. The van der Waals surface area contributed by atoms with Gasteiger partial charge >= 0.3 is 15.6 Å². The number of aliphatic hydroxyl groups excluding tert-OH is 6. The molecule has 1 aliphatic carbocycles. The van der Waals surface area contributed by atoms with Gasteiger partial charge in [-0.3, -0.25) is 13.6 Å². The van der Waals surface area contributed by atoms with Crippen LogP contribution in [0.2, 0.25) is 0 Å². The smallest absolute Gasteiger partial charge is 0.394 e. The maximum atomic E-state index is 11.7. The molecule has 150 valence electrons. The zero-order valence-electron chi connectivity index (χ0n) is 12.4. The van der Waals surface area contributed by atoms with Gasteiger partial charge in [-0.25, -0.2) is 9.13 Å². The molecule has 16 heteroatoms. The molecule has 1 unspecified atom stereocenters. The van der Waals surface area contributed by atoms with Gasteiger partial charge in [-0.15, -0.1) is 0 Å². The molecule has 0 amide bonds. The first kappa shape index (κ1) is 23.0. The van der Waals surface area contributed by atoms with Gasteiger partial charge in [0.05, 0.1) is 13.2 Å². The van der Waals surface area contributed by atoms with Crippen LogP contribution in [0.4, 0.5) is 0 Å². The largest absolute Gasteiger partial charge is 0.472 e. The van der Waals surface area contributed by atoms with E-state index in [-0.39, 0.29) is 0 Å². The maximum Gasteiger partial charge on any atom is 0.472 e. The van der Waals surface area contributed by atoms with Crippen molar-refractivity contribution in [3.05, 3.63) is 0 Å². The van der Waals surface area contributed by atoms with E-state index in [1.54, 1.807) is 0 Å². The van der Waals surface area contributed by atoms with E-state index in [1.165, 1.54) is 0 Å². The standard InChI is InChI=1S/C9H20O14P2/c10-1-3(11)2-21-25(19,20)23-9-6(14)4(12)5(13)8(7(9)15)22-24(16,17)18/h3-15H,1-2H2,(H,19,20)(H2,16,17,18)/t3-,4+,5+,6-,7-,8-,9+/m1/s1. The Balaban J connectivity index is 2.92. The highest BCUT2D eigenvalue weighted by molar-refractivity contribution is 7.47. The van der Waals surface area contributed by atoms with E-state index in [0.29, 0.717) is 0 Å². The number of aliphatic hydroxyl groups is 6. The summed E-state index contributed by atoms with van der Waals surface area (Å²) in [6.07, 6.45) is -14.6. The van der Waals surface area contributed by atoms with Gasteiger partial charge in [-0.05, 0) is 0 Å². The first-order valence-corrected chi connectivity index (χ1v) is 9.72. The van der Waals surface area contributed by atoms with Crippen molar-refractivity contribution in [1.82, 2.24) is 0 Å². The van der Waals surface area contributed by atoms with Crippen molar-refractivity contribution in [3.63, 3.8) is 0 Å². The van der Waals surface area contributed by atoms with E-state index >= 15 is 0 Å². The highest BCUT2D eigenvalue weighted by Crippen LogP contribution is 2.48. The summed E-state index contributed by atoms with van der Waals surface area (Å²) in [6, 6.07) is 0. The molecule has 8 atom stereocenters. The minimum Gasteiger partial charge on any atom is -0.394 e. The van der Waals surface area contributed by atoms with Crippen molar-refractivity contribution in [2.24, 2.45) is 0 Å². The average Bonchev–Trinajstić information content (AvgIpc) is 2.50. The molecular formula is C9H20O14P2. The summed E-state index contributed by atoms with van der Waals surface area (Å²) in [7, 11) is -10.3. The van der Waals surface area contributed by atoms with Gasteiger partial charge < -0.3 is 45.3 Å². The first-order valence-electron chi connectivity index (χ1n) is 6.70. The fraction of sp³-hybridized carbons (Fsp3) is 1.00. The van der Waals surface area contributed by atoms with Crippen molar-refractivity contribution < 1.29 is 68.0 Å². The minimum absolute atomic E-state index is 0.808. The van der Waals surface area contributed by atoms with Crippen molar-refractivity contribution >= 4 is 15.6 Å². The lowest BCUT2D eigenvalue weighted by molar-refractivity contribution is -0.216. The lowest BCUT2D eigenvalue weighted by Crippen LogP contribution is -2.64. The molecule has 9 N–H and O–H groups in total. The molecular weight excluding hydrogens is 394 g/mol. The van der Waals surface area contributed by atoms with E-state index in [0.717, 1.165) is 0 Å². The third kappa shape index (κ3) is 6.57. The molecule has 1 fully saturated rings. The van der Waals surface area contributed by atoms with Gasteiger partial charge in [-0.1, -0.05) is 0 Å². The fourth-order valence-electron chi connectivity index (χ4n) is 2.01. The van der Waals surface area contributed by atoms with Crippen molar-refractivity contribution in [2.45, 2.75) is 42.7 Å². The monoisotopic (exact) mass is 414 g/mol. The highest BCUT2D eigenvalue weighted by Gasteiger charge is 2.54. The Morgan fingerprint density at radius 3 is 1.76 bits per heavy atom. The molecule has 0 aromatic carbocycles. The molecule has 1 rings (SSSR count). The zero-order valence-corrected chi connectivity index (χ0v) is 14.2. The number of phosphoric acid groups is 2. The van der Waals surface area contributed by atoms with E-state index < -0.39 is 71.6 Å². The molecule has 0 aliphatic heterocycles. The van der Waals surface area contributed by atoms with E-state index in [4.69, 9.17) is 20.0 Å². The molecule has 14 nitrogen and oxygen atoms in total. The summed E-state index contributed by atoms with van der Waals surface area (Å²) in [5.74, 6) is 0. The topological polar surface area (TPSA) is 244 Å². The Kier molecular flexibility index (Phi) is 8.08. The second kappa shape index (κ2) is 8.78. The third-order valence-electron chi connectivity index (χ3n) is 3.20. The Labute approximate surface area is 140 Å². The molecule has 1 saturated carbocycles. The predicted molar refractivity (Wildman–Crippen MR) is 74.7 cm³/mol. The van der Waals surface area contributed by atoms with Crippen molar-refractivity contribution in [3.8, 4) is 0 Å². The lowest BCUT2D eigenvalue weighted by Gasteiger charge is -2.43. The maximum absolute atomic E-state index is 11.7. The van der Waals surface area contributed by atoms with Crippen LogP contribution in [0.15, 0.2) is 0 Å². The van der Waals surface area contributed by atoms with E-state index in [2.05, 4.69) is 13.6 Å². The summed E-state index contributed by atoms with van der Waals surface area (Å²) in [6.45, 7) is -1.67. The van der Waals surface area contributed by atoms with Crippen LogP contribution in [0.1, 0.15) is 0 Å². The van der Waals surface area contributed by atoms with Crippen LogP contribution >= 0.6 is 15.6 Å². The Hall–Kier alpha value is -0.0200. The molecule has 0 heterocycles. The van der Waals surface area contributed by atoms with Crippen molar-refractivity contribution in [2.75, 3.05) is 13.2 Å². The summed E-state index contributed by atoms with van der Waals surface area (Å²) in [5, 5.41) is 56.6. The number of rotatable bonds is 8. The predicted octanol–water partition coefficient (Wildman–Crippen LogP) is -4.22. The van der Waals surface area contributed by atoms with Gasteiger partial charge in [0, 0.05) is 0 Å². The van der Waals surface area contributed by atoms with E-state index in [1.807, 2.05) is 0 Å². The Morgan fingerprint density at radius 2 is 1.32 bits per heavy atom. The summed E-state index contributed by atoms with van der Waals surface area (Å²) >= 11 is 0.